The molecule has 1 aliphatic rings. The van der Waals surface area contributed by atoms with Gasteiger partial charge in [0.1, 0.15) is 11.4 Å². The molecule has 2 aromatic carbocycles. The number of carbonyl (C=O) groups excluding carboxylic acids is 2. The number of carbonyl (C=O) groups is 2. The molecule has 0 saturated heterocycles. The van der Waals surface area contributed by atoms with Crippen LogP contribution in [0.5, 0.6) is 17.2 Å². The molecule has 0 fully saturated rings. The molecule has 164 valence electrons. The van der Waals surface area contributed by atoms with Crippen LogP contribution in [0, 0.1) is 0 Å². The van der Waals surface area contributed by atoms with E-state index in [9.17, 15) is 9.59 Å². The SMILES string of the molecule is CCOc1ccc(NC2=C(c3ccc(OC)c(OC)c3)C(=O)N(CCOC)C2=O)cc1. The molecule has 0 aliphatic carbocycles. The Balaban J connectivity index is 2.03. The largest absolute Gasteiger partial charge is 0.494 e. The number of hydrogen-bond donors (Lipinski definition) is 1. The van der Waals surface area contributed by atoms with E-state index in [-0.39, 0.29) is 24.4 Å². The van der Waals surface area contributed by atoms with Crippen molar-refractivity contribution < 1.29 is 28.5 Å². The highest BCUT2D eigenvalue weighted by atomic mass is 16.5. The molecule has 8 heteroatoms. The highest BCUT2D eigenvalue weighted by molar-refractivity contribution is 6.36. The van der Waals surface area contributed by atoms with Gasteiger partial charge in [-0.15, -0.1) is 0 Å². The van der Waals surface area contributed by atoms with E-state index >= 15 is 0 Å². The van der Waals surface area contributed by atoms with Gasteiger partial charge in [0.05, 0.1) is 39.6 Å². The Bertz CT molecular complexity index is 984. The number of anilines is 1. The van der Waals surface area contributed by atoms with Crippen LogP contribution < -0.4 is 19.5 Å². The number of amides is 2. The molecule has 0 spiro atoms. The van der Waals surface area contributed by atoms with E-state index in [0.717, 1.165) is 5.75 Å². The molecule has 1 N–H and O–H groups in total. The van der Waals surface area contributed by atoms with Crippen LogP contribution in [0.4, 0.5) is 5.69 Å². The first kappa shape index (κ1) is 22.2. The van der Waals surface area contributed by atoms with Crippen LogP contribution in [0.3, 0.4) is 0 Å². The summed E-state index contributed by atoms with van der Waals surface area (Å²) < 4.78 is 21.2. The van der Waals surface area contributed by atoms with Gasteiger partial charge in [-0.25, -0.2) is 0 Å². The van der Waals surface area contributed by atoms with Crippen molar-refractivity contribution in [2.75, 3.05) is 46.4 Å². The monoisotopic (exact) mass is 426 g/mol. The first-order valence-electron chi connectivity index (χ1n) is 9.85. The summed E-state index contributed by atoms with van der Waals surface area (Å²) in [5, 5.41) is 3.11. The fourth-order valence-corrected chi connectivity index (χ4v) is 3.28. The summed E-state index contributed by atoms with van der Waals surface area (Å²) in [6.07, 6.45) is 0. The van der Waals surface area contributed by atoms with Gasteiger partial charge in [0, 0.05) is 12.8 Å². The molecular formula is C23H26N2O6. The van der Waals surface area contributed by atoms with E-state index in [1.165, 1.54) is 26.2 Å². The van der Waals surface area contributed by atoms with Crippen molar-refractivity contribution >= 4 is 23.1 Å². The maximum atomic E-state index is 13.2. The highest BCUT2D eigenvalue weighted by Gasteiger charge is 2.39. The smallest absolute Gasteiger partial charge is 0.278 e. The summed E-state index contributed by atoms with van der Waals surface area (Å²) in [6.45, 7) is 2.86. The Hall–Kier alpha value is -3.52. The van der Waals surface area contributed by atoms with Crippen molar-refractivity contribution in [2.24, 2.45) is 0 Å². The van der Waals surface area contributed by atoms with E-state index in [1.54, 1.807) is 42.5 Å². The van der Waals surface area contributed by atoms with Crippen LogP contribution in [-0.2, 0) is 14.3 Å². The molecule has 1 heterocycles. The van der Waals surface area contributed by atoms with Gasteiger partial charge in [0.25, 0.3) is 11.8 Å². The molecule has 0 radical (unpaired) electrons. The van der Waals surface area contributed by atoms with Crippen LogP contribution in [0.15, 0.2) is 48.2 Å². The van der Waals surface area contributed by atoms with Crippen molar-refractivity contribution in [3.8, 4) is 17.2 Å². The van der Waals surface area contributed by atoms with E-state index in [0.29, 0.717) is 29.4 Å². The van der Waals surface area contributed by atoms with Gasteiger partial charge in [-0.05, 0) is 48.9 Å². The Morgan fingerprint density at radius 2 is 1.61 bits per heavy atom. The van der Waals surface area contributed by atoms with Gasteiger partial charge in [0.2, 0.25) is 0 Å². The molecule has 1 aliphatic heterocycles. The van der Waals surface area contributed by atoms with Crippen LogP contribution in [-0.4, -0.2) is 57.8 Å². The van der Waals surface area contributed by atoms with Gasteiger partial charge in [0.15, 0.2) is 11.5 Å². The predicted octanol–water partition coefficient (Wildman–Crippen LogP) is 2.94. The number of imide groups is 1. The molecule has 2 amide bonds. The van der Waals surface area contributed by atoms with E-state index < -0.39 is 11.8 Å². The number of rotatable bonds is 10. The second-order valence-electron chi connectivity index (χ2n) is 6.66. The molecule has 0 bridgehead atoms. The van der Waals surface area contributed by atoms with Gasteiger partial charge >= 0.3 is 0 Å². The molecule has 3 rings (SSSR count). The minimum absolute atomic E-state index is 0.152. The normalized spacial score (nSPS) is 13.6. The summed E-state index contributed by atoms with van der Waals surface area (Å²) in [4.78, 5) is 27.5. The number of benzene rings is 2. The molecule has 0 unspecified atom stereocenters. The first-order valence-corrected chi connectivity index (χ1v) is 9.85. The molecule has 0 aromatic heterocycles. The predicted molar refractivity (Wildman–Crippen MR) is 116 cm³/mol. The lowest BCUT2D eigenvalue weighted by Gasteiger charge is -2.14. The van der Waals surface area contributed by atoms with Crippen molar-refractivity contribution in [1.29, 1.82) is 0 Å². The lowest BCUT2D eigenvalue weighted by atomic mass is 10.0. The van der Waals surface area contributed by atoms with E-state index in [1.807, 2.05) is 6.92 Å². The van der Waals surface area contributed by atoms with Crippen molar-refractivity contribution in [3.63, 3.8) is 0 Å². The fraction of sp³-hybridized carbons (Fsp3) is 0.304. The number of ether oxygens (including phenoxy) is 4. The summed E-state index contributed by atoms with van der Waals surface area (Å²) in [6, 6.07) is 12.3. The first-order chi connectivity index (χ1) is 15.0. The van der Waals surface area contributed by atoms with Crippen LogP contribution in [0.1, 0.15) is 12.5 Å². The Morgan fingerprint density at radius 3 is 2.23 bits per heavy atom. The maximum Gasteiger partial charge on any atom is 0.278 e. The average Bonchev–Trinajstić information content (AvgIpc) is 3.02. The van der Waals surface area contributed by atoms with Crippen molar-refractivity contribution in [3.05, 3.63) is 53.7 Å². The van der Waals surface area contributed by atoms with Gasteiger partial charge in [-0.3, -0.25) is 14.5 Å². The minimum Gasteiger partial charge on any atom is -0.494 e. The van der Waals surface area contributed by atoms with Gasteiger partial charge < -0.3 is 24.3 Å². The topological polar surface area (TPSA) is 86.3 Å². The second kappa shape index (κ2) is 9.99. The van der Waals surface area contributed by atoms with E-state index in [4.69, 9.17) is 18.9 Å². The fourth-order valence-electron chi connectivity index (χ4n) is 3.28. The summed E-state index contributed by atoms with van der Waals surface area (Å²) >= 11 is 0. The Morgan fingerprint density at radius 1 is 0.903 bits per heavy atom. The van der Waals surface area contributed by atoms with E-state index in [2.05, 4.69) is 5.32 Å². The zero-order valence-electron chi connectivity index (χ0n) is 18.1. The minimum atomic E-state index is -0.416. The van der Waals surface area contributed by atoms with Crippen molar-refractivity contribution in [2.45, 2.75) is 6.92 Å². The average molecular weight is 426 g/mol. The van der Waals surface area contributed by atoms with Crippen LogP contribution in [0.25, 0.3) is 5.57 Å². The lowest BCUT2D eigenvalue weighted by molar-refractivity contribution is -0.137. The number of methoxy groups -OCH3 is 3. The third-order valence-corrected chi connectivity index (χ3v) is 4.79. The highest BCUT2D eigenvalue weighted by Crippen LogP contribution is 2.35. The molecule has 2 aromatic rings. The molecule has 0 atom stereocenters. The molecule has 31 heavy (non-hydrogen) atoms. The quantitative estimate of drug-likeness (QED) is 0.585. The van der Waals surface area contributed by atoms with Crippen LogP contribution in [0.2, 0.25) is 0 Å². The zero-order chi connectivity index (χ0) is 22.4. The Labute approximate surface area is 181 Å². The third-order valence-electron chi connectivity index (χ3n) is 4.79. The lowest BCUT2D eigenvalue weighted by Crippen LogP contribution is -2.35. The molecular weight excluding hydrogens is 400 g/mol. The Kier molecular flexibility index (Phi) is 7.15. The standard InChI is InChI=1S/C23H26N2O6/c1-5-31-17-9-7-16(8-10-17)24-21-20(22(26)25(23(21)27)12-13-28-2)15-6-11-18(29-3)19(14-15)30-4/h6-11,14,24H,5,12-13H2,1-4H3. The number of nitrogens with one attached hydrogen (secondary N) is 1. The summed E-state index contributed by atoms with van der Waals surface area (Å²) in [5.41, 5.74) is 1.66. The van der Waals surface area contributed by atoms with Crippen LogP contribution >= 0.6 is 0 Å². The summed E-state index contributed by atoms with van der Waals surface area (Å²) in [7, 11) is 4.57. The molecule has 8 nitrogen and oxygen atoms in total. The number of nitrogens with zero attached hydrogens (tertiary/aromatic N) is 1. The second-order valence-corrected chi connectivity index (χ2v) is 6.66. The molecule has 0 saturated carbocycles. The van der Waals surface area contributed by atoms with Crippen molar-refractivity contribution in [1.82, 2.24) is 4.90 Å². The number of hydrogen-bond acceptors (Lipinski definition) is 7. The van der Waals surface area contributed by atoms with Gasteiger partial charge in [-0.1, -0.05) is 6.07 Å². The third kappa shape index (κ3) is 4.64. The summed E-state index contributed by atoms with van der Waals surface area (Å²) in [5.74, 6) is 0.894. The zero-order valence-corrected chi connectivity index (χ0v) is 18.1. The van der Waals surface area contributed by atoms with Gasteiger partial charge in [-0.2, -0.15) is 0 Å². The maximum absolute atomic E-state index is 13.2.